The van der Waals surface area contributed by atoms with Gasteiger partial charge in [-0.1, -0.05) is 76.9 Å². The van der Waals surface area contributed by atoms with Crippen molar-refractivity contribution in [1.29, 1.82) is 0 Å². The zero-order valence-corrected chi connectivity index (χ0v) is 25.6. The van der Waals surface area contributed by atoms with E-state index < -0.39 is 34.3 Å². The fraction of sp³-hybridized carbons (Fsp3) is 0.310. The highest BCUT2D eigenvalue weighted by Crippen LogP contribution is 2.25. The molecule has 7 nitrogen and oxygen atoms in total. The minimum Gasteiger partial charge on any atom is -0.352 e. The van der Waals surface area contributed by atoms with Crippen LogP contribution in [-0.4, -0.2) is 50.0 Å². The Morgan fingerprint density at radius 2 is 1.68 bits per heavy atom. The molecule has 0 fully saturated rings. The third kappa shape index (κ3) is 8.78. The van der Waals surface area contributed by atoms with Crippen molar-refractivity contribution in [2.75, 3.05) is 17.1 Å². The Morgan fingerprint density at radius 3 is 2.25 bits per heavy atom. The molecule has 11 heteroatoms. The zero-order valence-electron chi connectivity index (χ0n) is 22.5. The van der Waals surface area contributed by atoms with Crippen molar-refractivity contribution >= 4 is 55.1 Å². The lowest BCUT2D eigenvalue weighted by Crippen LogP contribution is -2.54. The van der Waals surface area contributed by atoms with E-state index in [9.17, 15) is 22.4 Å². The van der Waals surface area contributed by atoms with Gasteiger partial charge in [0.15, 0.2) is 0 Å². The molecule has 0 aliphatic heterocycles. The first-order valence-electron chi connectivity index (χ1n) is 12.7. The van der Waals surface area contributed by atoms with E-state index in [4.69, 9.17) is 11.6 Å². The highest BCUT2D eigenvalue weighted by molar-refractivity contribution is 9.10. The number of amides is 2. The lowest BCUT2D eigenvalue weighted by atomic mass is 10.0. The Labute approximate surface area is 248 Å². The third-order valence-electron chi connectivity index (χ3n) is 6.41. The smallest absolute Gasteiger partial charge is 0.244 e. The second kappa shape index (κ2) is 14.1. The largest absolute Gasteiger partial charge is 0.352 e. The molecular weight excluding hydrogens is 621 g/mol. The Morgan fingerprint density at radius 1 is 1.02 bits per heavy atom. The van der Waals surface area contributed by atoms with E-state index >= 15 is 0 Å². The second-order valence-corrected chi connectivity index (χ2v) is 12.8. The molecule has 0 unspecified atom stereocenters. The number of carbonyl (C=O) groups is 2. The van der Waals surface area contributed by atoms with Gasteiger partial charge in [-0.25, -0.2) is 12.8 Å². The van der Waals surface area contributed by atoms with Gasteiger partial charge in [0.05, 0.1) is 17.0 Å². The van der Waals surface area contributed by atoms with E-state index in [0.29, 0.717) is 6.42 Å². The van der Waals surface area contributed by atoms with Gasteiger partial charge in [-0.3, -0.25) is 13.9 Å². The van der Waals surface area contributed by atoms with Crippen LogP contribution >= 0.6 is 27.5 Å². The number of halogens is 3. The monoisotopic (exact) mass is 651 g/mol. The average molecular weight is 653 g/mol. The maximum absolute atomic E-state index is 14.0. The number of anilines is 1. The number of carbonyl (C=O) groups excluding carboxylic acids is 2. The van der Waals surface area contributed by atoms with Gasteiger partial charge in [0.25, 0.3) is 0 Å². The van der Waals surface area contributed by atoms with Crippen LogP contribution in [0.2, 0.25) is 5.02 Å². The Hall–Kier alpha value is -2.95. The number of hydrogen-bond donors (Lipinski definition) is 1. The molecule has 40 heavy (non-hydrogen) atoms. The van der Waals surface area contributed by atoms with Gasteiger partial charge in [0.1, 0.15) is 18.4 Å². The normalized spacial score (nSPS) is 12.8. The summed E-state index contributed by atoms with van der Waals surface area (Å²) in [5.74, 6) is -1.67. The number of rotatable bonds is 12. The van der Waals surface area contributed by atoms with E-state index in [1.165, 1.54) is 11.0 Å². The van der Waals surface area contributed by atoms with Crippen LogP contribution in [0, 0.1) is 5.82 Å². The fourth-order valence-electron chi connectivity index (χ4n) is 4.04. The van der Waals surface area contributed by atoms with E-state index in [1.807, 2.05) is 68.4 Å². The van der Waals surface area contributed by atoms with E-state index in [0.717, 1.165) is 38.3 Å². The quantitative estimate of drug-likeness (QED) is 0.278. The molecule has 3 rings (SSSR count). The molecule has 0 saturated carbocycles. The summed E-state index contributed by atoms with van der Waals surface area (Å²) < 4.78 is 41.1. The van der Waals surface area contributed by atoms with E-state index in [1.54, 1.807) is 0 Å². The van der Waals surface area contributed by atoms with Crippen LogP contribution in [0.1, 0.15) is 31.4 Å². The molecule has 3 aromatic carbocycles. The van der Waals surface area contributed by atoms with Gasteiger partial charge in [-0.15, -0.1) is 0 Å². The number of hydrogen-bond acceptors (Lipinski definition) is 4. The van der Waals surface area contributed by atoms with Crippen LogP contribution < -0.4 is 9.62 Å². The summed E-state index contributed by atoms with van der Waals surface area (Å²) in [6.07, 6.45) is 1.86. The average Bonchev–Trinajstić information content (AvgIpc) is 2.91. The van der Waals surface area contributed by atoms with Crippen molar-refractivity contribution in [2.24, 2.45) is 0 Å². The van der Waals surface area contributed by atoms with E-state index in [-0.39, 0.29) is 35.6 Å². The molecule has 3 aromatic rings. The van der Waals surface area contributed by atoms with Gasteiger partial charge in [-0.2, -0.15) is 0 Å². The summed E-state index contributed by atoms with van der Waals surface area (Å²) >= 11 is 9.33. The summed E-state index contributed by atoms with van der Waals surface area (Å²) in [5, 5.41) is 2.70. The molecule has 0 aliphatic rings. The molecule has 2 atom stereocenters. The maximum atomic E-state index is 14.0. The molecule has 0 radical (unpaired) electrons. The van der Waals surface area contributed by atoms with Gasteiger partial charge in [0, 0.05) is 23.5 Å². The number of benzene rings is 3. The van der Waals surface area contributed by atoms with Crippen molar-refractivity contribution < 1.29 is 22.4 Å². The summed E-state index contributed by atoms with van der Waals surface area (Å²) in [6.45, 7) is 3.26. The maximum Gasteiger partial charge on any atom is 0.244 e. The first kappa shape index (κ1) is 31.6. The molecule has 2 amide bonds. The van der Waals surface area contributed by atoms with Crippen LogP contribution in [0.3, 0.4) is 0 Å². The molecule has 0 heterocycles. The van der Waals surface area contributed by atoms with Crippen LogP contribution in [-0.2, 0) is 32.6 Å². The lowest BCUT2D eigenvalue weighted by molar-refractivity contribution is -0.140. The van der Waals surface area contributed by atoms with Crippen LogP contribution in [0.25, 0.3) is 0 Å². The van der Waals surface area contributed by atoms with Gasteiger partial charge in [-0.05, 0) is 54.8 Å². The predicted octanol–water partition coefficient (Wildman–Crippen LogP) is 5.56. The topological polar surface area (TPSA) is 86.8 Å². The third-order valence-corrected chi connectivity index (χ3v) is 8.37. The summed E-state index contributed by atoms with van der Waals surface area (Å²) in [4.78, 5) is 29.1. The van der Waals surface area contributed by atoms with Crippen molar-refractivity contribution in [3.63, 3.8) is 0 Å². The SMILES string of the molecule is CC[C@@H](C)NC(=O)[C@@H](Cc1ccccc1)N(Cc1ccc(Br)cc1)C(=O)CN(c1ccc(F)c(Cl)c1)S(C)(=O)=O. The Bertz CT molecular complexity index is 1420. The van der Waals surface area contributed by atoms with Crippen molar-refractivity contribution in [2.45, 2.75) is 45.3 Å². The Balaban J connectivity index is 2.06. The molecule has 214 valence electrons. The fourth-order valence-corrected chi connectivity index (χ4v) is 5.32. The molecule has 0 bridgehead atoms. The summed E-state index contributed by atoms with van der Waals surface area (Å²) in [5.41, 5.74) is 1.63. The van der Waals surface area contributed by atoms with Crippen LogP contribution in [0.4, 0.5) is 10.1 Å². The van der Waals surface area contributed by atoms with Crippen molar-refractivity contribution in [3.05, 3.63) is 99.2 Å². The molecule has 0 aliphatic carbocycles. The number of nitrogens with one attached hydrogen (secondary N) is 1. The highest BCUT2D eigenvalue weighted by atomic mass is 79.9. The number of nitrogens with zero attached hydrogens (tertiary/aromatic N) is 2. The Kier molecular flexibility index (Phi) is 11.1. The molecular formula is C29H32BrClFN3O4S. The minimum atomic E-state index is -3.98. The second-order valence-electron chi connectivity index (χ2n) is 9.54. The first-order valence-corrected chi connectivity index (χ1v) is 15.7. The van der Waals surface area contributed by atoms with Crippen molar-refractivity contribution in [1.82, 2.24) is 10.2 Å². The minimum absolute atomic E-state index is 0.0366. The summed E-state index contributed by atoms with van der Waals surface area (Å²) in [7, 11) is -3.98. The van der Waals surface area contributed by atoms with E-state index in [2.05, 4.69) is 21.2 Å². The van der Waals surface area contributed by atoms with Crippen LogP contribution in [0.5, 0.6) is 0 Å². The standard InChI is InChI=1S/C29H32BrClFN3O4S/c1-4-20(2)33-29(37)27(16-21-8-6-5-7-9-21)34(18-22-10-12-23(30)13-11-22)28(36)19-35(40(3,38)39)24-14-15-26(32)25(31)17-24/h5-15,17,20,27H,4,16,18-19H2,1-3H3,(H,33,37)/t20-,27-/m1/s1. The molecule has 0 saturated heterocycles. The van der Waals surface area contributed by atoms with Gasteiger partial charge < -0.3 is 10.2 Å². The van der Waals surface area contributed by atoms with Crippen LogP contribution in [0.15, 0.2) is 77.3 Å². The summed E-state index contributed by atoms with van der Waals surface area (Å²) in [6, 6.07) is 19.0. The zero-order chi connectivity index (χ0) is 29.4. The predicted molar refractivity (Wildman–Crippen MR) is 160 cm³/mol. The van der Waals surface area contributed by atoms with Crippen molar-refractivity contribution in [3.8, 4) is 0 Å². The van der Waals surface area contributed by atoms with Gasteiger partial charge >= 0.3 is 0 Å². The lowest BCUT2D eigenvalue weighted by Gasteiger charge is -2.34. The first-order chi connectivity index (χ1) is 18.9. The highest BCUT2D eigenvalue weighted by Gasteiger charge is 2.33. The molecule has 0 aromatic heterocycles. The molecule has 1 N–H and O–H groups in total. The van der Waals surface area contributed by atoms with Gasteiger partial charge in [0.2, 0.25) is 21.8 Å². The number of sulfonamides is 1. The molecule has 0 spiro atoms.